The van der Waals surface area contributed by atoms with Gasteiger partial charge >= 0.3 is 125 Å². The molecule has 9 rings (SSSR count). The van der Waals surface area contributed by atoms with Gasteiger partial charge < -0.3 is 8.98 Å². The van der Waals surface area contributed by atoms with Gasteiger partial charge in [-0.3, -0.25) is 4.98 Å². The van der Waals surface area contributed by atoms with E-state index in [2.05, 4.69) is 75.4 Å². The Kier molecular flexibility index (Phi) is 10.6. The van der Waals surface area contributed by atoms with Gasteiger partial charge in [0, 0.05) is 36.7 Å². The van der Waals surface area contributed by atoms with Crippen LogP contribution in [-0.4, -0.2) is 32.8 Å². The fraction of sp³-hybridized carbons (Fsp3) is 0.128. The quantitative estimate of drug-likeness (QED) is 0.123. The molecule has 0 bridgehead atoms. The Morgan fingerprint density at radius 1 is 0.745 bits per heavy atom. The van der Waals surface area contributed by atoms with Crippen LogP contribution in [0.25, 0.3) is 72.7 Å². The second-order valence-corrected chi connectivity index (χ2v) is 25.1. The fourth-order valence-electron chi connectivity index (χ4n) is 6.72. The number of aromatic nitrogens is 4. The molecule has 55 heavy (non-hydrogen) atoms. The standard InChI is InChI=1S/C30H18N3O.C17H21FGeN.Ir/c1-3-9-20(10-4-1)25-18-17-24-23-16-15-21(19-28(23)34-30(24)32-25)29-31-26-13-7-8-14-27(26)33(29)22-11-5-2-6-12-22;1-12(2)15-10-17(13-6-8-14(18)9-7-13)20-11-16(15)19(3,4)5;/h1-14,16-19H;6,8-12H,1-5H3;/q2*-1;/i;12D;. The van der Waals surface area contributed by atoms with E-state index in [0.29, 0.717) is 5.71 Å². The van der Waals surface area contributed by atoms with Crippen LogP contribution in [-0.2, 0) is 20.1 Å². The number of pyridine rings is 2. The van der Waals surface area contributed by atoms with Crippen molar-refractivity contribution in [2.75, 3.05) is 0 Å². The van der Waals surface area contributed by atoms with Crippen LogP contribution < -0.4 is 4.40 Å². The van der Waals surface area contributed by atoms with Gasteiger partial charge in [0.05, 0.1) is 28.1 Å². The van der Waals surface area contributed by atoms with Gasteiger partial charge in [-0.25, -0.2) is 4.98 Å². The molecule has 1 radical (unpaired) electrons. The zero-order chi connectivity index (χ0) is 38.3. The third-order valence-corrected chi connectivity index (χ3v) is 13.7. The molecule has 4 heterocycles. The van der Waals surface area contributed by atoms with E-state index in [4.69, 9.17) is 15.8 Å². The van der Waals surface area contributed by atoms with Gasteiger partial charge in [-0.15, -0.1) is 17.7 Å². The Balaban J connectivity index is 0.000000190. The van der Waals surface area contributed by atoms with E-state index in [0.717, 1.165) is 72.5 Å². The van der Waals surface area contributed by atoms with Crippen LogP contribution in [0.15, 0.2) is 144 Å². The van der Waals surface area contributed by atoms with Gasteiger partial charge in [-0.2, -0.15) is 0 Å². The molecular weight excluding hydrogens is 920 g/mol. The molecule has 5 aromatic carbocycles. The smallest absolute Gasteiger partial charge is 0.216 e. The van der Waals surface area contributed by atoms with E-state index in [9.17, 15) is 4.39 Å². The summed E-state index contributed by atoms with van der Waals surface area (Å²) in [6, 6.07) is 49.4. The monoisotopic (exact) mass is 962 g/mol. The van der Waals surface area contributed by atoms with E-state index >= 15 is 0 Å². The van der Waals surface area contributed by atoms with Crippen LogP contribution in [0.2, 0.25) is 17.3 Å². The number of halogens is 1. The topological polar surface area (TPSA) is 56.7 Å². The summed E-state index contributed by atoms with van der Waals surface area (Å²) in [6.07, 6.45) is 1.91. The number of furan rings is 1. The fourth-order valence-corrected chi connectivity index (χ4v) is 10.0. The van der Waals surface area contributed by atoms with Crippen molar-refractivity contribution in [3.8, 4) is 39.6 Å². The van der Waals surface area contributed by atoms with Gasteiger partial charge in [0.1, 0.15) is 0 Å². The molecule has 8 heteroatoms. The SMILES string of the molecule is [2H]C(C)(C)c1cc(-c2[c-]cc(F)cc2)nc[c]1[Ge]([CH3])([CH3])[CH3].[Ir].[c-]1cc2c(cc1-c1nc3ccccc3n1-c1ccccc1)oc1nc(-c3ccccc3)ccc12. The summed E-state index contributed by atoms with van der Waals surface area (Å²) in [7, 11) is 0. The molecule has 0 saturated carbocycles. The molecule has 0 unspecified atom stereocenters. The second-order valence-electron chi connectivity index (χ2n) is 14.5. The number of rotatable bonds is 6. The molecule has 9 aromatic rings. The second kappa shape index (κ2) is 15.9. The molecule has 0 aliphatic carbocycles. The van der Waals surface area contributed by atoms with E-state index in [1.165, 1.54) is 16.5 Å². The van der Waals surface area contributed by atoms with E-state index in [1.807, 2.05) is 98.9 Å². The Morgan fingerprint density at radius 2 is 1.45 bits per heavy atom. The number of hydrogen-bond donors (Lipinski definition) is 0. The van der Waals surface area contributed by atoms with Gasteiger partial charge in [0.25, 0.3) is 0 Å². The average molecular weight is 961 g/mol. The summed E-state index contributed by atoms with van der Waals surface area (Å²) in [5, 5.41) is 1.97. The predicted octanol–water partition coefficient (Wildman–Crippen LogP) is 11.8. The molecule has 0 spiro atoms. The maximum absolute atomic E-state index is 13.0. The maximum Gasteiger partial charge on any atom is 0.216 e. The minimum atomic E-state index is -2.10. The Bertz CT molecular complexity index is 2790. The van der Waals surface area contributed by atoms with Crippen LogP contribution >= 0.6 is 0 Å². The van der Waals surface area contributed by atoms with E-state index in [1.54, 1.807) is 6.07 Å². The number of imidazole rings is 1. The molecule has 0 atom stereocenters. The minimum Gasteiger partial charge on any atom is -0.458 e. The third-order valence-electron chi connectivity index (χ3n) is 9.46. The van der Waals surface area contributed by atoms with Crippen LogP contribution in [0.4, 0.5) is 4.39 Å². The summed E-state index contributed by atoms with van der Waals surface area (Å²) in [6.45, 7) is 3.80. The van der Waals surface area contributed by atoms with Gasteiger partial charge in [-0.1, -0.05) is 78.2 Å². The van der Waals surface area contributed by atoms with Gasteiger partial charge in [0.2, 0.25) is 5.71 Å². The van der Waals surface area contributed by atoms with Crippen molar-refractivity contribution in [1.82, 2.24) is 19.5 Å². The van der Waals surface area contributed by atoms with Crippen molar-refractivity contribution in [3.63, 3.8) is 0 Å². The molecule has 275 valence electrons. The summed E-state index contributed by atoms with van der Waals surface area (Å²) >= 11 is -2.10. The van der Waals surface area contributed by atoms with Gasteiger partial charge in [-0.05, 0) is 30.3 Å². The van der Waals surface area contributed by atoms with Crippen LogP contribution in [0.1, 0.15) is 26.7 Å². The number of fused-ring (bicyclic) bond motifs is 4. The summed E-state index contributed by atoms with van der Waals surface area (Å²) in [5.74, 6) is 6.75. The Hall–Kier alpha value is -5.21. The third kappa shape index (κ3) is 7.83. The van der Waals surface area contributed by atoms with Crippen LogP contribution in [0.3, 0.4) is 0 Å². The normalized spacial score (nSPS) is 11.9. The van der Waals surface area contributed by atoms with Gasteiger partial charge in [0.15, 0.2) is 0 Å². The van der Waals surface area contributed by atoms with Crippen molar-refractivity contribution in [2.24, 2.45) is 0 Å². The first-order valence-corrected chi connectivity index (χ1v) is 25.3. The van der Waals surface area contributed by atoms with Crippen molar-refractivity contribution < 1.29 is 30.3 Å². The molecule has 0 N–H and O–H groups in total. The first-order chi connectivity index (χ1) is 26.4. The summed E-state index contributed by atoms with van der Waals surface area (Å²) < 4.78 is 31.1. The Morgan fingerprint density at radius 3 is 2.16 bits per heavy atom. The molecule has 0 aliphatic rings. The molecule has 4 aromatic heterocycles. The molecule has 0 amide bonds. The van der Waals surface area contributed by atoms with Crippen molar-refractivity contribution in [2.45, 2.75) is 37.0 Å². The number of hydrogen-bond acceptors (Lipinski definition) is 4. The molecule has 0 aliphatic heterocycles. The zero-order valence-electron chi connectivity index (χ0n) is 32.2. The largest absolute Gasteiger partial charge is 0.458 e. The van der Waals surface area contributed by atoms with E-state index in [-0.39, 0.29) is 25.9 Å². The predicted molar refractivity (Wildman–Crippen MR) is 221 cm³/mol. The first kappa shape index (κ1) is 36.8. The first-order valence-electron chi connectivity index (χ1n) is 18.5. The van der Waals surface area contributed by atoms with Crippen molar-refractivity contribution in [3.05, 3.63) is 163 Å². The molecular formula is C47H39FGeIrN4O-2. The van der Waals surface area contributed by atoms with Crippen LogP contribution in [0.5, 0.6) is 0 Å². The molecule has 0 saturated heterocycles. The molecule has 5 nitrogen and oxygen atoms in total. The maximum atomic E-state index is 13.0. The van der Waals surface area contributed by atoms with Crippen molar-refractivity contribution in [1.29, 1.82) is 0 Å². The Labute approximate surface area is 338 Å². The van der Waals surface area contributed by atoms with E-state index < -0.39 is 19.2 Å². The number of para-hydroxylation sites is 3. The molecule has 0 fully saturated rings. The summed E-state index contributed by atoms with van der Waals surface area (Å²) in [4.78, 5) is 14.3. The number of benzene rings is 5. The minimum absolute atomic E-state index is 0. The number of nitrogens with zero attached hydrogens (tertiary/aromatic N) is 4. The zero-order valence-corrected chi connectivity index (χ0v) is 35.7. The summed E-state index contributed by atoms with van der Waals surface area (Å²) in [5.41, 5.74) is 9.80. The average Bonchev–Trinajstić information content (AvgIpc) is 3.76. The van der Waals surface area contributed by atoms with Crippen LogP contribution in [0, 0.1) is 17.9 Å². The van der Waals surface area contributed by atoms with Crippen molar-refractivity contribution >= 4 is 50.8 Å².